The summed E-state index contributed by atoms with van der Waals surface area (Å²) in [4.78, 5) is 28.7. The van der Waals surface area contributed by atoms with Crippen LogP contribution in [0.25, 0.3) is 0 Å². The van der Waals surface area contributed by atoms with Gasteiger partial charge in [0.25, 0.3) is 10.0 Å². The Morgan fingerprint density at radius 3 is 2.19 bits per heavy atom. The maximum atomic E-state index is 14.0. The van der Waals surface area contributed by atoms with Crippen molar-refractivity contribution in [2.75, 3.05) is 17.5 Å². The van der Waals surface area contributed by atoms with Crippen molar-refractivity contribution in [2.24, 2.45) is 0 Å². The average molecular weight is 596 g/mol. The second-order valence-corrected chi connectivity index (χ2v) is 12.4. The highest BCUT2D eigenvalue weighted by Crippen LogP contribution is 2.26. The Bertz CT molecular complexity index is 1460. The van der Waals surface area contributed by atoms with Crippen LogP contribution in [0.2, 0.25) is 0 Å². The number of hydrogen-bond donors (Lipinski definition) is 1. The lowest BCUT2D eigenvalue weighted by Gasteiger charge is -2.32. The van der Waals surface area contributed by atoms with E-state index >= 15 is 0 Å². The zero-order valence-corrected chi connectivity index (χ0v) is 25.1. The number of carbonyl (C=O) groups excluding carboxylic acids is 2. The Balaban J connectivity index is 1.67. The molecular formula is C32H38FN3O5S. The molecule has 1 atom stereocenters. The van der Waals surface area contributed by atoms with Crippen LogP contribution in [0.4, 0.5) is 10.1 Å². The van der Waals surface area contributed by atoms with Crippen LogP contribution in [0.15, 0.2) is 77.7 Å². The van der Waals surface area contributed by atoms with Crippen LogP contribution < -0.4 is 14.4 Å². The van der Waals surface area contributed by atoms with Crippen molar-refractivity contribution in [3.8, 4) is 5.75 Å². The Morgan fingerprint density at radius 1 is 0.976 bits per heavy atom. The molecule has 42 heavy (non-hydrogen) atoms. The Morgan fingerprint density at radius 2 is 1.60 bits per heavy atom. The molecule has 0 bridgehead atoms. The number of benzene rings is 3. The summed E-state index contributed by atoms with van der Waals surface area (Å²) in [5.41, 5.74) is 1.97. The van der Waals surface area contributed by atoms with Crippen molar-refractivity contribution in [3.05, 3.63) is 89.7 Å². The molecule has 0 heterocycles. The van der Waals surface area contributed by atoms with Crippen LogP contribution >= 0.6 is 0 Å². The molecule has 1 fully saturated rings. The van der Waals surface area contributed by atoms with Gasteiger partial charge in [0.05, 0.1) is 17.2 Å². The van der Waals surface area contributed by atoms with E-state index in [4.69, 9.17) is 4.74 Å². The molecule has 8 nitrogen and oxygen atoms in total. The number of nitrogens with one attached hydrogen (secondary N) is 1. The highest BCUT2D eigenvalue weighted by Gasteiger charge is 2.33. The number of nitrogens with zero attached hydrogens (tertiary/aromatic N) is 2. The number of sulfonamides is 1. The lowest BCUT2D eigenvalue weighted by atomic mass is 10.1. The van der Waals surface area contributed by atoms with Gasteiger partial charge in [-0.2, -0.15) is 0 Å². The lowest BCUT2D eigenvalue weighted by Crippen LogP contribution is -2.52. The summed E-state index contributed by atoms with van der Waals surface area (Å²) < 4.78 is 48.0. The fraction of sp³-hybridized carbons (Fsp3) is 0.375. The molecule has 0 spiro atoms. The highest BCUT2D eigenvalue weighted by molar-refractivity contribution is 7.92. The number of hydrogen-bond acceptors (Lipinski definition) is 5. The number of halogens is 1. The van der Waals surface area contributed by atoms with E-state index in [1.165, 1.54) is 29.2 Å². The zero-order valence-electron chi connectivity index (χ0n) is 24.3. The van der Waals surface area contributed by atoms with Gasteiger partial charge >= 0.3 is 0 Å². The summed E-state index contributed by atoms with van der Waals surface area (Å²) >= 11 is 0. The van der Waals surface area contributed by atoms with E-state index < -0.39 is 34.3 Å². The Labute approximate surface area is 247 Å². The van der Waals surface area contributed by atoms with Gasteiger partial charge in [0, 0.05) is 12.6 Å². The first-order valence-electron chi connectivity index (χ1n) is 14.2. The topological polar surface area (TPSA) is 96.0 Å². The fourth-order valence-corrected chi connectivity index (χ4v) is 6.42. The minimum atomic E-state index is -4.26. The van der Waals surface area contributed by atoms with E-state index in [0.717, 1.165) is 53.2 Å². The smallest absolute Gasteiger partial charge is 0.264 e. The second kappa shape index (κ2) is 13.8. The predicted octanol–water partition coefficient (Wildman–Crippen LogP) is 5.20. The van der Waals surface area contributed by atoms with Gasteiger partial charge < -0.3 is 15.0 Å². The molecule has 3 aromatic rings. The van der Waals surface area contributed by atoms with Gasteiger partial charge in [-0.15, -0.1) is 0 Å². The van der Waals surface area contributed by atoms with Gasteiger partial charge in [0.15, 0.2) is 0 Å². The summed E-state index contributed by atoms with van der Waals surface area (Å²) in [5, 5.41) is 3.05. The van der Waals surface area contributed by atoms with Crippen LogP contribution in [0.3, 0.4) is 0 Å². The first kappa shape index (κ1) is 31.0. The first-order chi connectivity index (χ1) is 20.1. The molecule has 0 unspecified atom stereocenters. The van der Waals surface area contributed by atoms with Gasteiger partial charge in [-0.25, -0.2) is 12.8 Å². The third-order valence-electron chi connectivity index (χ3n) is 7.46. The lowest BCUT2D eigenvalue weighted by molar-refractivity contribution is -0.139. The largest absolute Gasteiger partial charge is 0.494 e. The number of carbonyl (C=O) groups is 2. The monoisotopic (exact) mass is 595 g/mol. The number of ether oxygens (including phenoxy) is 1. The highest BCUT2D eigenvalue weighted by atomic mass is 32.2. The van der Waals surface area contributed by atoms with Crippen molar-refractivity contribution in [3.63, 3.8) is 0 Å². The number of anilines is 1. The van der Waals surface area contributed by atoms with Gasteiger partial charge in [-0.3, -0.25) is 13.9 Å². The van der Waals surface area contributed by atoms with Crippen LogP contribution in [-0.2, 0) is 26.2 Å². The molecule has 224 valence electrons. The normalized spacial score (nSPS) is 14.3. The molecule has 0 aromatic heterocycles. The van der Waals surface area contributed by atoms with Crippen molar-refractivity contribution in [1.82, 2.24) is 10.2 Å². The number of amides is 2. The van der Waals surface area contributed by atoms with Crippen LogP contribution in [0.1, 0.15) is 50.7 Å². The third-order valence-corrected chi connectivity index (χ3v) is 9.25. The van der Waals surface area contributed by atoms with Crippen molar-refractivity contribution in [2.45, 2.75) is 70.0 Å². The Kier molecular flexibility index (Phi) is 10.2. The van der Waals surface area contributed by atoms with Gasteiger partial charge in [0.2, 0.25) is 11.8 Å². The molecule has 2 amide bonds. The van der Waals surface area contributed by atoms with E-state index in [1.54, 1.807) is 19.1 Å². The van der Waals surface area contributed by atoms with E-state index in [1.807, 2.05) is 38.1 Å². The zero-order chi connectivity index (χ0) is 30.3. The molecule has 4 rings (SSSR count). The molecule has 0 radical (unpaired) electrons. The molecule has 1 saturated carbocycles. The fourth-order valence-electron chi connectivity index (χ4n) is 5.00. The minimum absolute atomic E-state index is 0.0554. The van der Waals surface area contributed by atoms with Crippen LogP contribution in [0.5, 0.6) is 5.75 Å². The molecular weight excluding hydrogens is 557 g/mol. The van der Waals surface area contributed by atoms with Gasteiger partial charge in [-0.05, 0) is 87.7 Å². The van der Waals surface area contributed by atoms with E-state index in [-0.39, 0.29) is 29.1 Å². The predicted molar refractivity (Wildman–Crippen MR) is 160 cm³/mol. The maximum absolute atomic E-state index is 14.0. The van der Waals surface area contributed by atoms with Crippen LogP contribution in [0, 0.1) is 12.7 Å². The van der Waals surface area contributed by atoms with Gasteiger partial charge in [0.1, 0.15) is 24.2 Å². The molecule has 0 saturated heterocycles. The minimum Gasteiger partial charge on any atom is -0.494 e. The van der Waals surface area contributed by atoms with Crippen molar-refractivity contribution in [1.29, 1.82) is 0 Å². The molecule has 1 aliphatic rings. The van der Waals surface area contributed by atoms with E-state index in [0.29, 0.717) is 12.4 Å². The van der Waals surface area contributed by atoms with Gasteiger partial charge in [-0.1, -0.05) is 42.7 Å². The molecule has 3 aromatic carbocycles. The first-order valence-corrected chi connectivity index (χ1v) is 15.7. The second-order valence-electron chi connectivity index (χ2n) is 10.6. The van der Waals surface area contributed by atoms with Crippen LogP contribution in [-0.4, -0.2) is 50.4 Å². The van der Waals surface area contributed by atoms with E-state index in [2.05, 4.69) is 5.32 Å². The summed E-state index contributed by atoms with van der Waals surface area (Å²) in [6.45, 7) is 5.37. The standard InChI is InChI=1S/C32H38FN3O5S/c1-4-41-29-17-19-30(20-18-29)42(39,40)36(28-15-13-26(33)14-16-28)22-31(37)35(21-25-11-9-23(2)10-12-25)24(3)32(38)34-27-7-5-6-8-27/h9-20,24,27H,4-8,21-22H2,1-3H3,(H,34,38)/t24-/m0/s1. The SMILES string of the molecule is CCOc1ccc(S(=O)(=O)N(CC(=O)N(Cc2ccc(C)cc2)[C@@H](C)C(=O)NC2CCCC2)c2ccc(F)cc2)cc1. The van der Waals surface area contributed by atoms with Crippen molar-refractivity contribution < 1.29 is 27.1 Å². The molecule has 1 N–H and O–H groups in total. The quantitative estimate of drug-likeness (QED) is 0.310. The molecule has 0 aliphatic heterocycles. The summed E-state index contributed by atoms with van der Waals surface area (Å²) in [5.74, 6) is -0.887. The molecule has 1 aliphatic carbocycles. The van der Waals surface area contributed by atoms with E-state index in [9.17, 15) is 22.4 Å². The molecule has 10 heteroatoms. The number of rotatable bonds is 12. The Hall–Kier alpha value is -3.92. The summed E-state index contributed by atoms with van der Waals surface area (Å²) in [6.07, 6.45) is 3.87. The summed E-state index contributed by atoms with van der Waals surface area (Å²) in [6, 6.07) is 17.6. The summed E-state index contributed by atoms with van der Waals surface area (Å²) in [7, 11) is -4.26. The number of aryl methyl sites for hydroxylation is 1. The third kappa shape index (κ3) is 7.67. The average Bonchev–Trinajstić information content (AvgIpc) is 3.49. The van der Waals surface area contributed by atoms with Crippen molar-refractivity contribution >= 4 is 27.5 Å². The maximum Gasteiger partial charge on any atom is 0.264 e.